The van der Waals surface area contributed by atoms with Gasteiger partial charge in [-0.2, -0.15) is 0 Å². The molecular formula is C22H23N3O5. The molecule has 2 aromatic carbocycles. The largest absolute Gasteiger partial charge is 0.495 e. The molecule has 0 saturated carbocycles. The molecule has 2 amide bonds. The van der Waals surface area contributed by atoms with Gasteiger partial charge in [-0.05, 0) is 30.7 Å². The number of para-hydroxylation sites is 1. The highest BCUT2D eigenvalue weighted by Crippen LogP contribution is 2.25. The highest BCUT2D eigenvalue weighted by Gasteiger charge is 2.17. The molecule has 156 valence electrons. The number of methoxy groups -OCH3 is 2. The number of aryl methyl sites for hydroxylation is 1. The number of ether oxygens (including phenoxy) is 2. The minimum Gasteiger partial charge on any atom is -0.495 e. The summed E-state index contributed by atoms with van der Waals surface area (Å²) in [6.07, 6.45) is 1.58. The average molecular weight is 409 g/mol. The van der Waals surface area contributed by atoms with Gasteiger partial charge in [-0.3, -0.25) is 9.59 Å². The predicted octanol–water partition coefficient (Wildman–Crippen LogP) is 2.50. The lowest BCUT2D eigenvalue weighted by Crippen LogP contribution is -2.34. The number of aromatic nitrogens is 1. The Labute approximate surface area is 173 Å². The van der Waals surface area contributed by atoms with Crippen LogP contribution in [0.15, 0.2) is 48.7 Å². The van der Waals surface area contributed by atoms with E-state index < -0.39 is 5.97 Å². The number of nitrogens with one attached hydrogen (secondary N) is 2. The molecule has 8 heteroatoms. The SMILES string of the molecule is COC(=O)c1cn(CC(=O)NCC(=O)Nc2cc(C)ccc2OC)c2ccccc12. The lowest BCUT2D eigenvalue weighted by molar-refractivity contribution is -0.124. The zero-order valence-electron chi connectivity index (χ0n) is 17.0. The van der Waals surface area contributed by atoms with Gasteiger partial charge >= 0.3 is 5.97 Å². The summed E-state index contributed by atoms with van der Waals surface area (Å²) >= 11 is 0. The predicted molar refractivity (Wildman–Crippen MR) is 113 cm³/mol. The number of amides is 2. The monoisotopic (exact) mass is 409 g/mol. The summed E-state index contributed by atoms with van der Waals surface area (Å²) in [6, 6.07) is 12.7. The van der Waals surface area contributed by atoms with E-state index in [4.69, 9.17) is 9.47 Å². The first-order valence-electron chi connectivity index (χ1n) is 9.30. The average Bonchev–Trinajstić information content (AvgIpc) is 3.10. The Balaban J connectivity index is 1.65. The fourth-order valence-corrected chi connectivity index (χ4v) is 3.15. The zero-order chi connectivity index (χ0) is 21.7. The third kappa shape index (κ3) is 4.60. The molecule has 0 aliphatic heterocycles. The number of rotatable bonds is 7. The number of fused-ring (bicyclic) bond motifs is 1. The fourth-order valence-electron chi connectivity index (χ4n) is 3.15. The van der Waals surface area contributed by atoms with E-state index in [0.29, 0.717) is 22.4 Å². The zero-order valence-corrected chi connectivity index (χ0v) is 17.0. The molecule has 0 unspecified atom stereocenters. The molecular weight excluding hydrogens is 386 g/mol. The smallest absolute Gasteiger partial charge is 0.340 e. The molecule has 1 aromatic heterocycles. The highest BCUT2D eigenvalue weighted by molar-refractivity contribution is 6.04. The highest BCUT2D eigenvalue weighted by atomic mass is 16.5. The van der Waals surface area contributed by atoms with Gasteiger partial charge in [-0.1, -0.05) is 24.3 Å². The fraction of sp³-hybridized carbons (Fsp3) is 0.227. The van der Waals surface area contributed by atoms with Crippen LogP contribution in [0.2, 0.25) is 0 Å². The van der Waals surface area contributed by atoms with E-state index in [0.717, 1.165) is 11.1 Å². The van der Waals surface area contributed by atoms with Crippen molar-refractivity contribution in [3.8, 4) is 5.75 Å². The van der Waals surface area contributed by atoms with Crippen molar-refractivity contribution in [1.82, 2.24) is 9.88 Å². The number of carbonyl (C=O) groups is 3. The number of esters is 1. The first-order valence-corrected chi connectivity index (χ1v) is 9.30. The van der Waals surface area contributed by atoms with Gasteiger partial charge in [-0.25, -0.2) is 4.79 Å². The van der Waals surface area contributed by atoms with Crippen molar-refractivity contribution in [3.63, 3.8) is 0 Å². The van der Waals surface area contributed by atoms with Crippen molar-refractivity contribution < 1.29 is 23.9 Å². The second kappa shape index (κ2) is 9.13. The van der Waals surface area contributed by atoms with Gasteiger partial charge in [0.2, 0.25) is 11.8 Å². The first-order chi connectivity index (χ1) is 14.4. The van der Waals surface area contributed by atoms with Crippen LogP contribution in [-0.2, 0) is 20.9 Å². The minimum absolute atomic E-state index is 0.0431. The van der Waals surface area contributed by atoms with Gasteiger partial charge in [0.15, 0.2) is 0 Å². The molecule has 30 heavy (non-hydrogen) atoms. The third-order valence-electron chi connectivity index (χ3n) is 4.58. The van der Waals surface area contributed by atoms with Gasteiger partial charge in [0, 0.05) is 17.1 Å². The molecule has 3 rings (SSSR count). The van der Waals surface area contributed by atoms with Crippen molar-refractivity contribution >= 4 is 34.4 Å². The van der Waals surface area contributed by atoms with Crippen molar-refractivity contribution in [3.05, 3.63) is 59.8 Å². The van der Waals surface area contributed by atoms with E-state index in [1.54, 1.807) is 29.0 Å². The van der Waals surface area contributed by atoms with Gasteiger partial charge in [0.05, 0.1) is 32.0 Å². The van der Waals surface area contributed by atoms with Crippen molar-refractivity contribution in [2.24, 2.45) is 0 Å². The van der Waals surface area contributed by atoms with Crippen LogP contribution >= 0.6 is 0 Å². The molecule has 0 aliphatic carbocycles. The topological polar surface area (TPSA) is 98.7 Å². The second-order valence-electron chi connectivity index (χ2n) is 6.71. The Bertz CT molecular complexity index is 1100. The molecule has 0 saturated heterocycles. The van der Waals surface area contributed by atoms with Gasteiger partial charge in [0.25, 0.3) is 0 Å². The van der Waals surface area contributed by atoms with Crippen molar-refractivity contribution in [2.75, 3.05) is 26.1 Å². The Hall–Kier alpha value is -3.81. The number of hydrogen-bond acceptors (Lipinski definition) is 5. The molecule has 3 aromatic rings. The molecule has 0 bridgehead atoms. The Morgan fingerprint density at radius 3 is 2.53 bits per heavy atom. The van der Waals surface area contributed by atoms with E-state index >= 15 is 0 Å². The van der Waals surface area contributed by atoms with Gasteiger partial charge < -0.3 is 24.7 Å². The molecule has 8 nitrogen and oxygen atoms in total. The lowest BCUT2D eigenvalue weighted by atomic mass is 10.2. The van der Waals surface area contributed by atoms with Crippen LogP contribution < -0.4 is 15.4 Å². The Kier molecular flexibility index (Phi) is 6.36. The number of hydrogen-bond donors (Lipinski definition) is 2. The van der Waals surface area contributed by atoms with E-state index in [1.165, 1.54) is 14.2 Å². The standard InChI is InChI=1S/C22H23N3O5/c1-14-8-9-19(29-2)17(10-14)24-20(26)11-23-21(27)13-25-12-16(22(28)30-3)15-6-4-5-7-18(15)25/h4-10,12H,11,13H2,1-3H3,(H,23,27)(H,24,26). The van der Waals surface area contributed by atoms with Gasteiger partial charge in [0.1, 0.15) is 12.3 Å². The maximum absolute atomic E-state index is 12.4. The van der Waals surface area contributed by atoms with E-state index in [2.05, 4.69) is 10.6 Å². The number of benzene rings is 2. The Morgan fingerprint density at radius 2 is 1.80 bits per heavy atom. The number of anilines is 1. The number of nitrogens with zero attached hydrogens (tertiary/aromatic N) is 1. The van der Waals surface area contributed by atoms with Crippen molar-refractivity contribution in [1.29, 1.82) is 0 Å². The van der Waals surface area contributed by atoms with Crippen LogP contribution in [0.4, 0.5) is 5.69 Å². The molecule has 0 spiro atoms. The van der Waals surface area contributed by atoms with E-state index in [9.17, 15) is 14.4 Å². The quantitative estimate of drug-likeness (QED) is 0.584. The van der Waals surface area contributed by atoms with Crippen LogP contribution in [0.5, 0.6) is 5.75 Å². The van der Waals surface area contributed by atoms with Gasteiger partial charge in [-0.15, -0.1) is 0 Å². The molecule has 0 radical (unpaired) electrons. The second-order valence-corrected chi connectivity index (χ2v) is 6.71. The molecule has 1 heterocycles. The normalized spacial score (nSPS) is 10.5. The van der Waals surface area contributed by atoms with Crippen LogP contribution in [0, 0.1) is 6.92 Å². The first kappa shape index (κ1) is 20.9. The lowest BCUT2D eigenvalue weighted by Gasteiger charge is -2.12. The van der Waals surface area contributed by atoms with E-state index in [-0.39, 0.29) is 24.9 Å². The van der Waals surface area contributed by atoms with E-state index in [1.807, 2.05) is 31.2 Å². The van der Waals surface area contributed by atoms with Crippen LogP contribution in [-0.4, -0.2) is 43.1 Å². The number of carbonyl (C=O) groups excluding carboxylic acids is 3. The van der Waals surface area contributed by atoms with Crippen molar-refractivity contribution in [2.45, 2.75) is 13.5 Å². The summed E-state index contributed by atoms with van der Waals surface area (Å²) in [7, 11) is 2.83. The third-order valence-corrected chi connectivity index (χ3v) is 4.58. The maximum atomic E-state index is 12.4. The Morgan fingerprint density at radius 1 is 1.03 bits per heavy atom. The maximum Gasteiger partial charge on any atom is 0.340 e. The summed E-state index contributed by atoms with van der Waals surface area (Å²) in [5, 5.41) is 6.02. The summed E-state index contributed by atoms with van der Waals surface area (Å²) in [5.41, 5.74) is 2.61. The van der Waals surface area contributed by atoms with Crippen LogP contribution in [0.3, 0.4) is 0 Å². The van der Waals surface area contributed by atoms with Crippen LogP contribution in [0.25, 0.3) is 10.9 Å². The molecule has 0 aliphatic rings. The summed E-state index contributed by atoms with van der Waals surface area (Å²) < 4.78 is 11.7. The molecule has 2 N–H and O–H groups in total. The minimum atomic E-state index is -0.475. The molecule has 0 atom stereocenters. The van der Waals surface area contributed by atoms with Crippen LogP contribution in [0.1, 0.15) is 15.9 Å². The summed E-state index contributed by atoms with van der Waals surface area (Å²) in [6.45, 7) is 1.67. The molecule has 0 fully saturated rings. The summed E-state index contributed by atoms with van der Waals surface area (Å²) in [5.74, 6) is -0.676. The summed E-state index contributed by atoms with van der Waals surface area (Å²) in [4.78, 5) is 36.6.